The fourth-order valence-electron chi connectivity index (χ4n) is 0.408. The molecule has 0 spiro atoms. The summed E-state index contributed by atoms with van der Waals surface area (Å²) in [6.45, 7) is 5.26. The minimum Gasteiger partial charge on any atom is -0.207 e. The Morgan fingerprint density at radius 1 is 1.60 bits per heavy atom. The molecular formula is C8H12BF. The highest BCUT2D eigenvalue weighted by Gasteiger charge is 1.82. The smallest absolute Gasteiger partial charge is 0.122 e. The van der Waals surface area contributed by atoms with E-state index >= 15 is 0 Å². The fraction of sp³-hybridized carbons (Fsp3) is 0.250. The van der Waals surface area contributed by atoms with Crippen molar-refractivity contribution < 1.29 is 4.39 Å². The van der Waals surface area contributed by atoms with Crippen molar-refractivity contribution in [3.8, 4) is 0 Å². The average Bonchev–Trinajstić information content (AvgIpc) is 1.99. The van der Waals surface area contributed by atoms with Gasteiger partial charge in [-0.2, -0.15) is 0 Å². The summed E-state index contributed by atoms with van der Waals surface area (Å²) in [6, 6.07) is 0. The highest BCUT2D eigenvalue weighted by atomic mass is 19.1. The first-order valence-electron chi connectivity index (χ1n) is 3.36. The summed E-state index contributed by atoms with van der Waals surface area (Å²) in [5.74, 6) is -0.284. The van der Waals surface area contributed by atoms with Gasteiger partial charge in [-0.3, -0.25) is 0 Å². The molecular weight excluding hydrogens is 126 g/mol. The Balaban J connectivity index is 4.03. The van der Waals surface area contributed by atoms with E-state index in [2.05, 4.69) is 6.58 Å². The third-order valence-corrected chi connectivity index (χ3v) is 1.28. The summed E-state index contributed by atoms with van der Waals surface area (Å²) >= 11 is 0. The Hall–Kier alpha value is -0.785. The lowest BCUT2D eigenvalue weighted by atomic mass is 9.98. The van der Waals surface area contributed by atoms with Crippen LogP contribution in [0.5, 0.6) is 0 Å². The van der Waals surface area contributed by atoms with Crippen molar-refractivity contribution in [3.63, 3.8) is 0 Å². The topological polar surface area (TPSA) is 0 Å². The first kappa shape index (κ1) is 9.21. The molecule has 0 aromatic rings. The van der Waals surface area contributed by atoms with Gasteiger partial charge in [0.05, 0.1) is 0 Å². The third kappa shape index (κ3) is 4.13. The quantitative estimate of drug-likeness (QED) is 0.413. The Bertz CT molecular complexity index is 168. The molecule has 0 nitrogen and oxygen atoms in total. The molecule has 0 rings (SSSR count). The van der Waals surface area contributed by atoms with Crippen LogP contribution in [0.15, 0.2) is 36.2 Å². The van der Waals surface area contributed by atoms with E-state index in [4.69, 9.17) is 0 Å². The number of hydrogen-bond acceptors (Lipinski definition) is 0. The van der Waals surface area contributed by atoms with E-state index in [-0.39, 0.29) is 5.83 Å². The highest BCUT2D eigenvalue weighted by molar-refractivity contribution is 6.10. The maximum absolute atomic E-state index is 12.3. The molecule has 0 aromatic carbocycles. The van der Waals surface area contributed by atoms with Crippen LogP contribution >= 0.6 is 0 Å². The number of rotatable bonds is 3. The predicted octanol–water partition coefficient (Wildman–Crippen LogP) is 2.02. The number of allylic oxidation sites excluding steroid dienone is 5. The molecule has 0 unspecified atom stereocenters. The predicted molar refractivity (Wildman–Crippen MR) is 46.5 cm³/mol. The van der Waals surface area contributed by atoms with Crippen molar-refractivity contribution in [1.29, 1.82) is 0 Å². The summed E-state index contributed by atoms with van der Waals surface area (Å²) in [4.78, 5) is 0. The van der Waals surface area contributed by atoms with Gasteiger partial charge in [-0.05, 0) is 19.1 Å². The van der Waals surface area contributed by atoms with Crippen LogP contribution in [0.3, 0.4) is 0 Å². The average molecular weight is 138 g/mol. The van der Waals surface area contributed by atoms with Crippen LogP contribution in [-0.2, 0) is 0 Å². The second-order valence-corrected chi connectivity index (χ2v) is 2.12. The van der Waals surface area contributed by atoms with Crippen LogP contribution in [0.2, 0.25) is 6.32 Å². The standard InChI is InChI=1S/C8H12BF/c1-3-8(10)5-4-7(2)6-9/h3-5H,1,6,9H2,2H3/b7-4+,8-5+. The van der Waals surface area contributed by atoms with Crippen LogP contribution in [-0.4, -0.2) is 7.85 Å². The van der Waals surface area contributed by atoms with Crippen molar-refractivity contribution >= 4 is 7.85 Å². The fourth-order valence-corrected chi connectivity index (χ4v) is 0.408. The van der Waals surface area contributed by atoms with Crippen molar-refractivity contribution in [3.05, 3.63) is 36.2 Å². The lowest BCUT2D eigenvalue weighted by Crippen LogP contribution is -1.71. The molecule has 0 aliphatic carbocycles. The van der Waals surface area contributed by atoms with Crippen LogP contribution in [0.25, 0.3) is 0 Å². The molecule has 0 N–H and O–H groups in total. The molecule has 54 valence electrons. The van der Waals surface area contributed by atoms with Gasteiger partial charge in [0.15, 0.2) is 0 Å². The van der Waals surface area contributed by atoms with E-state index in [1.807, 2.05) is 14.8 Å². The van der Waals surface area contributed by atoms with E-state index in [0.717, 1.165) is 11.9 Å². The van der Waals surface area contributed by atoms with E-state index in [1.54, 1.807) is 6.08 Å². The molecule has 10 heavy (non-hydrogen) atoms. The second kappa shape index (κ2) is 5.04. The van der Waals surface area contributed by atoms with Gasteiger partial charge in [0, 0.05) is 0 Å². The first-order chi connectivity index (χ1) is 4.70. The Morgan fingerprint density at radius 2 is 2.20 bits per heavy atom. The molecule has 0 aliphatic heterocycles. The number of halogens is 1. The van der Waals surface area contributed by atoms with E-state index in [0.29, 0.717) is 0 Å². The minimum absolute atomic E-state index is 0.284. The van der Waals surface area contributed by atoms with Gasteiger partial charge >= 0.3 is 0 Å². The van der Waals surface area contributed by atoms with Crippen LogP contribution in [0.1, 0.15) is 6.92 Å². The molecule has 0 bridgehead atoms. The van der Waals surface area contributed by atoms with Crippen LogP contribution in [0.4, 0.5) is 4.39 Å². The summed E-state index contributed by atoms with van der Waals surface area (Å²) in [5.41, 5.74) is 1.16. The summed E-state index contributed by atoms with van der Waals surface area (Å²) in [7, 11) is 2.03. The molecule has 0 heterocycles. The zero-order valence-electron chi connectivity index (χ0n) is 6.52. The highest BCUT2D eigenvalue weighted by Crippen LogP contribution is 2.01. The summed E-state index contributed by atoms with van der Waals surface area (Å²) in [5, 5.41) is 0. The van der Waals surface area contributed by atoms with E-state index < -0.39 is 0 Å². The molecule has 0 amide bonds. The largest absolute Gasteiger partial charge is 0.207 e. The zero-order valence-corrected chi connectivity index (χ0v) is 6.52. The summed E-state index contributed by atoms with van der Waals surface area (Å²) in [6.07, 6.45) is 5.34. The molecule has 0 saturated heterocycles. The number of hydrogen-bond donors (Lipinski definition) is 0. The van der Waals surface area contributed by atoms with Gasteiger partial charge in [0.25, 0.3) is 0 Å². The maximum Gasteiger partial charge on any atom is 0.122 e. The molecule has 0 aromatic heterocycles. The third-order valence-electron chi connectivity index (χ3n) is 1.28. The van der Waals surface area contributed by atoms with Crippen molar-refractivity contribution in [1.82, 2.24) is 0 Å². The van der Waals surface area contributed by atoms with Gasteiger partial charge in [0.1, 0.15) is 13.7 Å². The molecule has 0 radical (unpaired) electrons. The van der Waals surface area contributed by atoms with E-state index in [9.17, 15) is 4.39 Å². The van der Waals surface area contributed by atoms with Crippen molar-refractivity contribution in [2.24, 2.45) is 0 Å². The summed E-state index contributed by atoms with van der Waals surface area (Å²) < 4.78 is 12.3. The monoisotopic (exact) mass is 138 g/mol. The van der Waals surface area contributed by atoms with Crippen molar-refractivity contribution in [2.75, 3.05) is 0 Å². The van der Waals surface area contributed by atoms with Gasteiger partial charge in [-0.25, -0.2) is 4.39 Å². The normalized spacial score (nSPS) is 13.4. The molecule has 0 saturated carbocycles. The Morgan fingerprint density at radius 3 is 2.60 bits per heavy atom. The van der Waals surface area contributed by atoms with Crippen LogP contribution in [0, 0.1) is 0 Å². The lowest BCUT2D eigenvalue weighted by Gasteiger charge is -1.88. The Labute approximate surface area is 62.5 Å². The van der Waals surface area contributed by atoms with Crippen LogP contribution < -0.4 is 0 Å². The van der Waals surface area contributed by atoms with Gasteiger partial charge in [-0.15, -0.1) is 0 Å². The zero-order chi connectivity index (χ0) is 7.98. The van der Waals surface area contributed by atoms with Crippen molar-refractivity contribution in [2.45, 2.75) is 13.2 Å². The molecule has 0 aliphatic rings. The molecule has 0 fully saturated rings. The minimum atomic E-state index is -0.284. The van der Waals surface area contributed by atoms with Gasteiger partial charge < -0.3 is 0 Å². The van der Waals surface area contributed by atoms with Gasteiger partial charge in [0.2, 0.25) is 0 Å². The van der Waals surface area contributed by atoms with E-state index in [1.165, 1.54) is 12.2 Å². The maximum atomic E-state index is 12.3. The SMILES string of the molecule is BC/C(C)=C/C=C(/F)C=C. The molecule has 2 heteroatoms. The van der Waals surface area contributed by atoms with Gasteiger partial charge in [-0.1, -0.05) is 24.5 Å². The second-order valence-electron chi connectivity index (χ2n) is 2.12. The molecule has 0 atom stereocenters. The first-order valence-corrected chi connectivity index (χ1v) is 3.36. The lowest BCUT2D eigenvalue weighted by molar-refractivity contribution is 0.667. The Kier molecular flexibility index (Phi) is 4.64.